The van der Waals surface area contributed by atoms with Crippen LogP contribution >= 0.6 is 11.8 Å². The first-order valence-electron chi connectivity index (χ1n) is 11.7. The number of aryl methyl sites for hydroxylation is 1. The first-order chi connectivity index (χ1) is 18.1. The number of benzene rings is 3. The molecule has 5 aromatic rings. The monoisotopic (exact) mass is 507 g/mol. The number of aromatic nitrogens is 4. The number of ether oxygens (including phenoxy) is 1. The maximum atomic E-state index is 12.7. The largest absolute Gasteiger partial charge is 0.497 e. The summed E-state index contributed by atoms with van der Waals surface area (Å²) in [5, 5.41) is 12.7. The molecule has 2 heterocycles. The number of nitrogens with zero attached hydrogens (tertiary/aromatic N) is 4. The van der Waals surface area contributed by atoms with Crippen molar-refractivity contribution >= 4 is 23.4 Å². The number of nitrogens with one attached hydrogen (secondary N) is 1. The number of carbonyl (C=O) groups is 1. The number of pyridine rings is 1. The number of thioether (sulfide) groups is 1. The van der Waals surface area contributed by atoms with Crippen LogP contribution in [0.25, 0.3) is 17.1 Å². The maximum Gasteiger partial charge on any atom is 0.255 e. The molecule has 0 bridgehead atoms. The van der Waals surface area contributed by atoms with Crippen LogP contribution in [0.15, 0.2) is 102 Å². The lowest BCUT2D eigenvalue weighted by Gasteiger charge is -2.13. The molecular weight excluding hydrogens is 482 g/mol. The van der Waals surface area contributed by atoms with Crippen LogP contribution in [0.1, 0.15) is 21.5 Å². The van der Waals surface area contributed by atoms with E-state index in [4.69, 9.17) is 4.74 Å². The van der Waals surface area contributed by atoms with E-state index in [1.807, 2.05) is 72.8 Å². The van der Waals surface area contributed by atoms with Crippen LogP contribution in [0.3, 0.4) is 0 Å². The van der Waals surface area contributed by atoms with Gasteiger partial charge in [0, 0.05) is 35.0 Å². The van der Waals surface area contributed by atoms with E-state index >= 15 is 0 Å². The average molecular weight is 508 g/mol. The summed E-state index contributed by atoms with van der Waals surface area (Å²) in [6.45, 7) is 2.08. The molecule has 0 aliphatic carbocycles. The van der Waals surface area contributed by atoms with Gasteiger partial charge >= 0.3 is 0 Å². The van der Waals surface area contributed by atoms with E-state index in [-0.39, 0.29) is 5.91 Å². The van der Waals surface area contributed by atoms with Crippen molar-refractivity contribution in [3.63, 3.8) is 0 Å². The van der Waals surface area contributed by atoms with E-state index in [0.717, 1.165) is 39.1 Å². The highest BCUT2D eigenvalue weighted by Gasteiger charge is 2.17. The molecule has 0 saturated carbocycles. The van der Waals surface area contributed by atoms with E-state index in [0.29, 0.717) is 17.0 Å². The Balaban J connectivity index is 1.32. The molecule has 0 aliphatic rings. The highest BCUT2D eigenvalue weighted by Crippen LogP contribution is 2.31. The lowest BCUT2D eigenvalue weighted by atomic mass is 10.1. The molecule has 0 radical (unpaired) electrons. The second kappa shape index (κ2) is 11.1. The van der Waals surface area contributed by atoms with Crippen molar-refractivity contribution in [2.24, 2.45) is 0 Å². The van der Waals surface area contributed by atoms with Gasteiger partial charge in [-0.15, -0.1) is 10.2 Å². The molecule has 0 atom stereocenters. The Labute approximate surface area is 219 Å². The minimum atomic E-state index is -0.161. The van der Waals surface area contributed by atoms with Gasteiger partial charge in [-0.1, -0.05) is 42.1 Å². The van der Waals surface area contributed by atoms with E-state index < -0.39 is 0 Å². The molecule has 0 aliphatic heterocycles. The summed E-state index contributed by atoms with van der Waals surface area (Å²) in [6, 6.07) is 26.9. The van der Waals surface area contributed by atoms with Gasteiger partial charge in [-0.25, -0.2) is 0 Å². The number of hydrogen-bond donors (Lipinski definition) is 1. The lowest BCUT2D eigenvalue weighted by Crippen LogP contribution is -2.11. The fourth-order valence-corrected chi connectivity index (χ4v) is 4.76. The first kappa shape index (κ1) is 24.3. The number of amides is 1. The number of hydrogen-bond acceptors (Lipinski definition) is 6. The highest BCUT2D eigenvalue weighted by atomic mass is 32.2. The number of methoxy groups -OCH3 is 1. The van der Waals surface area contributed by atoms with Crippen LogP contribution in [-0.4, -0.2) is 32.8 Å². The molecule has 0 fully saturated rings. The summed E-state index contributed by atoms with van der Waals surface area (Å²) in [5.74, 6) is 2.03. The molecule has 0 saturated heterocycles. The number of para-hydroxylation sites is 1. The smallest absolute Gasteiger partial charge is 0.255 e. The van der Waals surface area contributed by atoms with Gasteiger partial charge in [0.15, 0.2) is 11.0 Å². The Morgan fingerprint density at radius 1 is 0.919 bits per heavy atom. The predicted molar refractivity (Wildman–Crippen MR) is 146 cm³/mol. The molecule has 0 unspecified atom stereocenters. The topological polar surface area (TPSA) is 81.9 Å². The van der Waals surface area contributed by atoms with Gasteiger partial charge in [0.1, 0.15) is 5.75 Å². The summed E-state index contributed by atoms with van der Waals surface area (Å²) >= 11 is 1.60. The molecule has 1 N–H and O–H groups in total. The SMILES string of the molecule is COc1ccc(NC(=O)c2ccc(CSc3nnc(-c4ccncc4)n3-c3ccccc3C)cc2)cc1. The van der Waals surface area contributed by atoms with Crippen molar-refractivity contribution < 1.29 is 9.53 Å². The Bertz CT molecular complexity index is 1500. The zero-order valence-electron chi connectivity index (χ0n) is 20.5. The lowest BCUT2D eigenvalue weighted by molar-refractivity contribution is 0.102. The summed E-state index contributed by atoms with van der Waals surface area (Å²) < 4.78 is 7.25. The second-order valence-corrected chi connectivity index (χ2v) is 9.27. The van der Waals surface area contributed by atoms with Crippen molar-refractivity contribution in [1.29, 1.82) is 0 Å². The molecule has 0 spiro atoms. The Hall–Kier alpha value is -4.43. The molecule has 5 rings (SSSR count). The van der Waals surface area contributed by atoms with Crippen LogP contribution in [0, 0.1) is 6.92 Å². The zero-order valence-corrected chi connectivity index (χ0v) is 21.3. The standard InChI is InChI=1S/C29H25N5O2S/c1-20-5-3-4-6-26(20)34-27(22-15-17-30-18-16-22)32-33-29(34)37-19-21-7-9-23(10-8-21)28(35)31-24-11-13-25(36-2)14-12-24/h3-18H,19H2,1-2H3,(H,31,35). The molecule has 37 heavy (non-hydrogen) atoms. The van der Waals surface area contributed by atoms with Gasteiger partial charge in [-0.2, -0.15) is 0 Å². The third kappa shape index (κ3) is 5.54. The number of anilines is 1. The summed E-state index contributed by atoms with van der Waals surface area (Å²) in [7, 11) is 1.61. The van der Waals surface area contributed by atoms with Gasteiger partial charge in [0.2, 0.25) is 0 Å². The normalized spacial score (nSPS) is 10.8. The van der Waals surface area contributed by atoms with Gasteiger partial charge in [-0.05, 0) is 72.6 Å². The fourth-order valence-electron chi connectivity index (χ4n) is 3.86. The maximum absolute atomic E-state index is 12.7. The molecule has 3 aromatic carbocycles. The second-order valence-electron chi connectivity index (χ2n) is 8.33. The van der Waals surface area contributed by atoms with Gasteiger partial charge < -0.3 is 10.1 Å². The van der Waals surface area contributed by atoms with E-state index in [2.05, 4.69) is 44.1 Å². The molecule has 8 heteroatoms. The number of rotatable bonds is 8. The zero-order chi connectivity index (χ0) is 25.6. The van der Waals surface area contributed by atoms with Crippen molar-refractivity contribution in [1.82, 2.24) is 19.7 Å². The van der Waals surface area contributed by atoms with E-state index in [1.54, 1.807) is 31.3 Å². The quantitative estimate of drug-likeness (QED) is 0.252. The summed E-state index contributed by atoms with van der Waals surface area (Å²) in [6.07, 6.45) is 3.51. The van der Waals surface area contributed by atoms with Crippen LogP contribution in [0.5, 0.6) is 5.75 Å². The van der Waals surface area contributed by atoms with Crippen molar-refractivity contribution in [2.45, 2.75) is 17.8 Å². The molecule has 2 aromatic heterocycles. The first-order valence-corrected chi connectivity index (χ1v) is 12.7. The van der Waals surface area contributed by atoms with Gasteiger partial charge in [0.25, 0.3) is 5.91 Å². The molecular formula is C29H25N5O2S. The summed E-state index contributed by atoms with van der Waals surface area (Å²) in [4.78, 5) is 16.8. The number of carbonyl (C=O) groups excluding carboxylic acids is 1. The van der Waals surface area contributed by atoms with E-state index in [9.17, 15) is 4.79 Å². The molecule has 1 amide bonds. The highest BCUT2D eigenvalue weighted by molar-refractivity contribution is 7.98. The Kier molecular flexibility index (Phi) is 7.28. The third-order valence-electron chi connectivity index (χ3n) is 5.86. The van der Waals surface area contributed by atoms with Crippen LogP contribution in [-0.2, 0) is 5.75 Å². The van der Waals surface area contributed by atoms with Crippen LogP contribution < -0.4 is 10.1 Å². The molecule has 184 valence electrons. The fraction of sp³-hybridized carbons (Fsp3) is 0.103. The van der Waals surface area contributed by atoms with Crippen LogP contribution in [0.2, 0.25) is 0 Å². The van der Waals surface area contributed by atoms with Crippen molar-refractivity contribution in [3.05, 3.63) is 114 Å². The third-order valence-corrected chi connectivity index (χ3v) is 6.86. The van der Waals surface area contributed by atoms with Gasteiger partial charge in [0.05, 0.1) is 12.8 Å². The predicted octanol–water partition coefficient (Wildman–Crippen LogP) is 6.19. The summed E-state index contributed by atoms with van der Waals surface area (Å²) in [5.41, 5.74) is 5.50. The van der Waals surface area contributed by atoms with Crippen molar-refractivity contribution in [2.75, 3.05) is 12.4 Å². The van der Waals surface area contributed by atoms with E-state index in [1.165, 1.54) is 0 Å². The van der Waals surface area contributed by atoms with Crippen LogP contribution in [0.4, 0.5) is 5.69 Å². The van der Waals surface area contributed by atoms with Crippen molar-refractivity contribution in [3.8, 4) is 22.8 Å². The molecule has 7 nitrogen and oxygen atoms in total. The minimum absolute atomic E-state index is 0.161. The van der Waals surface area contributed by atoms with Gasteiger partial charge in [-0.3, -0.25) is 14.3 Å². The minimum Gasteiger partial charge on any atom is -0.497 e. The Morgan fingerprint density at radius 2 is 1.65 bits per heavy atom. The Morgan fingerprint density at radius 3 is 2.35 bits per heavy atom. The average Bonchev–Trinajstić information content (AvgIpc) is 3.37.